The van der Waals surface area contributed by atoms with Crippen LogP contribution in [0.5, 0.6) is 5.75 Å². The third-order valence-electron chi connectivity index (χ3n) is 8.48. The van der Waals surface area contributed by atoms with Gasteiger partial charge in [-0.3, -0.25) is 0 Å². The minimum absolute atomic E-state index is 0.189. The van der Waals surface area contributed by atoms with Crippen LogP contribution in [0.4, 0.5) is 22.0 Å². The molecule has 186 valence electrons. The molecule has 1 aromatic carbocycles. The van der Waals surface area contributed by atoms with Gasteiger partial charge in [-0.05, 0) is 79.4 Å². The number of hydrogen-bond acceptors (Lipinski definition) is 2. The Bertz CT molecular complexity index is 807. The van der Waals surface area contributed by atoms with Gasteiger partial charge in [-0.15, -0.1) is 0 Å². The van der Waals surface area contributed by atoms with E-state index in [0.29, 0.717) is 11.7 Å². The van der Waals surface area contributed by atoms with Gasteiger partial charge in [0.25, 0.3) is 0 Å². The molecule has 1 heterocycles. The van der Waals surface area contributed by atoms with Crippen LogP contribution in [-0.4, -0.2) is 29.4 Å². The van der Waals surface area contributed by atoms with Crippen LogP contribution >= 0.6 is 0 Å². The molecule has 0 amide bonds. The lowest BCUT2D eigenvalue weighted by Crippen LogP contribution is -2.62. The Hall–Kier alpha value is -1.37. The summed E-state index contributed by atoms with van der Waals surface area (Å²) in [6.07, 6.45) is 5.91. The molecule has 2 saturated carbocycles. The smallest absolute Gasteiger partial charge is 0.456 e. The normalized spacial score (nSPS) is 33.3. The molecule has 0 aromatic heterocycles. The van der Waals surface area contributed by atoms with E-state index in [0.717, 1.165) is 36.2 Å². The molecule has 2 fully saturated rings. The van der Waals surface area contributed by atoms with Crippen LogP contribution in [0, 0.1) is 17.8 Å². The summed E-state index contributed by atoms with van der Waals surface area (Å²) in [4.78, 5) is 0. The molecule has 2 aliphatic carbocycles. The minimum atomic E-state index is -5.84. The van der Waals surface area contributed by atoms with Crippen molar-refractivity contribution in [1.82, 2.24) is 0 Å². The first-order valence-corrected chi connectivity index (χ1v) is 12.5. The van der Waals surface area contributed by atoms with Crippen molar-refractivity contribution >= 4 is 0 Å². The highest BCUT2D eigenvalue weighted by Crippen LogP contribution is 2.49. The number of benzene rings is 1. The minimum Gasteiger partial charge on any atom is -0.490 e. The topological polar surface area (TPSA) is 29.5 Å². The predicted octanol–water partition coefficient (Wildman–Crippen LogP) is 7.43. The van der Waals surface area contributed by atoms with Crippen molar-refractivity contribution in [1.29, 1.82) is 0 Å². The van der Waals surface area contributed by atoms with Crippen molar-refractivity contribution in [3.63, 3.8) is 0 Å². The van der Waals surface area contributed by atoms with Crippen molar-refractivity contribution in [2.45, 2.75) is 101 Å². The second-order valence-corrected chi connectivity index (χ2v) is 10.6. The van der Waals surface area contributed by atoms with Crippen molar-refractivity contribution in [3.8, 4) is 5.75 Å². The SMILES string of the molecule is CCCC1CCC(C2CCC(c3ccc4c(c3)OCC(O)(C(F)(F)C(F)(F)F)C4)CC2)CC1. The molecule has 1 N–H and O–H groups in total. The maximum Gasteiger partial charge on any atom is 0.456 e. The van der Waals surface area contributed by atoms with Gasteiger partial charge in [-0.1, -0.05) is 44.7 Å². The number of aliphatic hydroxyl groups is 1. The van der Waals surface area contributed by atoms with E-state index >= 15 is 0 Å². The average Bonchev–Trinajstić information content (AvgIpc) is 2.79. The highest BCUT2D eigenvalue weighted by molar-refractivity contribution is 5.42. The Morgan fingerprint density at radius 3 is 2.12 bits per heavy atom. The van der Waals surface area contributed by atoms with Crippen LogP contribution in [-0.2, 0) is 6.42 Å². The number of fused-ring (bicyclic) bond motifs is 1. The Kier molecular flexibility index (Phi) is 7.01. The van der Waals surface area contributed by atoms with Crippen LogP contribution in [0.2, 0.25) is 0 Å². The third kappa shape index (κ3) is 4.89. The fraction of sp³-hybridized carbons (Fsp3) is 0.769. The lowest BCUT2D eigenvalue weighted by Gasteiger charge is -2.40. The van der Waals surface area contributed by atoms with Crippen molar-refractivity contribution < 1.29 is 31.8 Å². The Labute approximate surface area is 192 Å². The first-order chi connectivity index (χ1) is 15.5. The maximum absolute atomic E-state index is 13.9. The summed E-state index contributed by atoms with van der Waals surface area (Å²) in [6.45, 7) is 1.18. The van der Waals surface area contributed by atoms with E-state index in [9.17, 15) is 27.1 Å². The lowest BCUT2D eigenvalue weighted by atomic mass is 9.68. The van der Waals surface area contributed by atoms with Crippen LogP contribution in [0.3, 0.4) is 0 Å². The average molecular weight is 475 g/mol. The van der Waals surface area contributed by atoms with Crippen LogP contribution in [0.15, 0.2) is 18.2 Å². The maximum atomic E-state index is 13.9. The van der Waals surface area contributed by atoms with Gasteiger partial charge in [0.05, 0.1) is 0 Å². The van der Waals surface area contributed by atoms with Gasteiger partial charge in [-0.2, -0.15) is 22.0 Å². The predicted molar refractivity (Wildman–Crippen MR) is 117 cm³/mol. The summed E-state index contributed by atoms with van der Waals surface area (Å²) in [6, 6.07) is 5.13. The molecule has 4 rings (SSSR count). The van der Waals surface area contributed by atoms with E-state index in [-0.39, 0.29) is 5.56 Å². The molecule has 33 heavy (non-hydrogen) atoms. The van der Waals surface area contributed by atoms with Crippen LogP contribution < -0.4 is 4.74 Å². The summed E-state index contributed by atoms with van der Waals surface area (Å²) >= 11 is 0. The molecular formula is C26H35F5O2. The summed E-state index contributed by atoms with van der Waals surface area (Å²) in [5, 5.41) is 10.1. The Morgan fingerprint density at radius 2 is 1.55 bits per heavy atom. The standard InChI is InChI=1S/C26H35F5O2/c1-2-3-17-4-6-18(7-5-17)19-8-10-20(11-9-19)21-12-13-22-15-24(32,16-33-23(22)14-21)25(27,28)26(29,30)31/h12-14,17-20,32H,2-11,15-16H2,1H3. The molecule has 0 spiro atoms. The molecular weight excluding hydrogens is 439 g/mol. The molecule has 1 unspecified atom stereocenters. The zero-order valence-corrected chi connectivity index (χ0v) is 19.3. The van der Waals surface area contributed by atoms with E-state index in [1.54, 1.807) is 18.2 Å². The fourth-order valence-electron chi connectivity index (χ4n) is 6.41. The molecule has 1 aromatic rings. The third-order valence-corrected chi connectivity index (χ3v) is 8.48. The lowest BCUT2D eigenvalue weighted by molar-refractivity contribution is -0.346. The van der Waals surface area contributed by atoms with Crippen LogP contribution in [0.25, 0.3) is 0 Å². The number of rotatable bonds is 5. The molecule has 7 heteroatoms. The number of ether oxygens (including phenoxy) is 1. The highest BCUT2D eigenvalue weighted by atomic mass is 19.4. The molecule has 0 saturated heterocycles. The van der Waals surface area contributed by atoms with E-state index in [2.05, 4.69) is 6.92 Å². The zero-order chi connectivity index (χ0) is 23.9. The first-order valence-electron chi connectivity index (χ1n) is 12.5. The summed E-state index contributed by atoms with van der Waals surface area (Å²) in [7, 11) is 0. The molecule has 3 aliphatic rings. The largest absolute Gasteiger partial charge is 0.490 e. The molecule has 1 aliphatic heterocycles. The van der Waals surface area contributed by atoms with E-state index in [1.807, 2.05) is 0 Å². The summed E-state index contributed by atoms with van der Waals surface area (Å²) in [5.41, 5.74) is -2.06. The highest BCUT2D eigenvalue weighted by Gasteiger charge is 2.70. The number of alkyl halides is 5. The van der Waals surface area contributed by atoms with Gasteiger partial charge in [0.15, 0.2) is 5.60 Å². The molecule has 2 nitrogen and oxygen atoms in total. The van der Waals surface area contributed by atoms with Gasteiger partial charge in [0, 0.05) is 6.42 Å². The number of halogens is 5. The second-order valence-electron chi connectivity index (χ2n) is 10.6. The molecule has 1 atom stereocenters. The molecule has 0 bridgehead atoms. The van der Waals surface area contributed by atoms with Gasteiger partial charge in [0.2, 0.25) is 0 Å². The Morgan fingerprint density at radius 1 is 0.939 bits per heavy atom. The van der Waals surface area contributed by atoms with Crippen LogP contribution in [0.1, 0.15) is 88.2 Å². The van der Waals surface area contributed by atoms with Crippen molar-refractivity contribution in [2.75, 3.05) is 6.61 Å². The van der Waals surface area contributed by atoms with Gasteiger partial charge in [0.1, 0.15) is 12.4 Å². The van der Waals surface area contributed by atoms with Crippen molar-refractivity contribution in [3.05, 3.63) is 29.3 Å². The van der Waals surface area contributed by atoms with E-state index < -0.39 is 30.7 Å². The van der Waals surface area contributed by atoms with E-state index in [4.69, 9.17) is 4.74 Å². The monoisotopic (exact) mass is 474 g/mol. The zero-order valence-electron chi connectivity index (χ0n) is 19.3. The Balaban J connectivity index is 1.35. The fourth-order valence-corrected chi connectivity index (χ4v) is 6.41. The van der Waals surface area contributed by atoms with Crippen molar-refractivity contribution in [2.24, 2.45) is 17.8 Å². The van der Waals surface area contributed by atoms with Gasteiger partial charge >= 0.3 is 12.1 Å². The second kappa shape index (κ2) is 9.35. The summed E-state index contributed by atoms with van der Waals surface area (Å²) in [5.74, 6) is -2.07. The van der Waals surface area contributed by atoms with Gasteiger partial charge < -0.3 is 9.84 Å². The van der Waals surface area contributed by atoms with E-state index in [1.165, 1.54) is 51.4 Å². The molecule has 0 radical (unpaired) electrons. The first kappa shape index (κ1) is 24.7. The van der Waals surface area contributed by atoms with Gasteiger partial charge in [-0.25, -0.2) is 0 Å². The number of hydrogen-bond donors (Lipinski definition) is 1. The quantitative estimate of drug-likeness (QED) is 0.450. The summed E-state index contributed by atoms with van der Waals surface area (Å²) < 4.78 is 71.4.